The van der Waals surface area contributed by atoms with E-state index in [-0.39, 0.29) is 24.6 Å². The number of nitrogens with one attached hydrogen (secondary N) is 3. The van der Waals surface area contributed by atoms with E-state index in [2.05, 4.69) is 35.9 Å². The van der Waals surface area contributed by atoms with Crippen LogP contribution in [0.15, 0.2) is 60.9 Å². The van der Waals surface area contributed by atoms with Gasteiger partial charge in [-0.1, -0.05) is 24.3 Å². The lowest BCUT2D eigenvalue weighted by Gasteiger charge is -2.26. The lowest BCUT2D eigenvalue weighted by Crippen LogP contribution is -2.39. The average molecular weight is 1070 g/mol. The van der Waals surface area contributed by atoms with E-state index in [1.165, 1.54) is 11.1 Å². The van der Waals surface area contributed by atoms with Gasteiger partial charge in [-0.2, -0.15) is 9.97 Å². The second kappa shape index (κ2) is 27.9. The first kappa shape index (κ1) is 60.2. The van der Waals surface area contributed by atoms with Gasteiger partial charge in [0.05, 0.1) is 18.1 Å². The number of urea groups is 1. The van der Waals surface area contributed by atoms with E-state index in [0.717, 1.165) is 63.0 Å². The molecule has 2 aliphatic rings. The van der Waals surface area contributed by atoms with Crippen molar-refractivity contribution in [1.29, 1.82) is 0 Å². The molecule has 0 aliphatic carbocycles. The minimum Gasteiger partial charge on any atom is -0.458 e. The molecule has 4 amide bonds. The molecule has 0 radical (unpaired) electrons. The molecule has 4 aromatic rings. The van der Waals surface area contributed by atoms with Gasteiger partial charge in [0, 0.05) is 79.3 Å². The van der Waals surface area contributed by atoms with Crippen LogP contribution in [0.4, 0.5) is 49.3 Å². The highest BCUT2D eigenvalue weighted by Crippen LogP contribution is 2.27. The number of nitrogen functional groups attached to an aromatic ring is 1. The smallest absolute Gasteiger partial charge is 0.415 e. The Morgan fingerprint density at radius 3 is 1.35 bits per heavy atom. The van der Waals surface area contributed by atoms with Crippen LogP contribution in [0.5, 0.6) is 11.5 Å². The highest BCUT2D eigenvalue weighted by atomic mass is 16.6. The van der Waals surface area contributed by atoms with Crippen molar-refractivity contribution in [2.45, 2.75) is 131 Å². The maximum atomic E-state index is 13.4. The Kier molecular flexibility index (Phi) is 21.8. The van der Waals surface area contributed by atoms with Crippen molar-refractivity contribution in [3.05, 3.63) is 72.1 Å². The Labute approximate surface area is 453 Å². The molecular formula is C55H81N13O9. The number of carbonyl (C=O) groups excluding carboxylic acids is 5. The Morgan fingerprint density at radius 2 is 0.974 bits per heavy atom. The number of amides is 4. The second-order valence-electron chi connectivity index (χ2n) is 20.9. The van der Waals surface area contributed by atoms with Crippen LogP contribution in [-0.4, -0.2) is 155 Å². The molecule has 2 aromatic carbocycles. The van der Waals surface area contributed by atoms with Gasteiger partial charge < -0.3 is 65.1 Å². The zero-order valence-corrected chi connectivity index (χ0v) is 47.1. The van der Waals surface area contributed by atoms with Gasteiger partial charge in [0.2, 0.25) is 11.9 Å². The summed E-state index contributed by atoms with van der Waals surface area (Å²) in [6.07, 6.45) is 6.91. The number of esters is 2. The molecule has 22 nitrogen and oxygen atoms in total. The Hall–Kier alpha value is -7.65. The third-order valence-corrected chi connectivity index (χ3v) is 12.2. The number of ether oxygens (including phenoxy) is 4. The molecule has 0 spiro atoms. The van der Waals surface area contributed by atoms with Crippen LogP contribution in [0.25, 0.3) is 0 Å². The van der Waals surface area contributed by atoms with E-state index in [9.17, 15) is 24.0 Å². The van der Waals surface area contributed by atoms with Crippen molar-refractivity contribution in [1.82, 2.24) is 34.6 Å². The van der Waals surface area contributed by atoms with Gasteiger partial charge in [0.25, 0.3) is 0 Å². The van der Waals surface area contributed by atoms with Crippen molar-refractivity contribution in [3.63, 3.8) is 0 Å². The molecule has 22 heteroatoms. The van der Waals surface area contributed by atoms with Gasteiger partial charge in [-0.25, -0.2) is 33.9 Å². The van der Waals surface area contributed by atoms with Crippen molar-refractivity contribution in [3.8, 4) is 11.5 Å². The first-order valence-corrected chi connectivity index (χ1v) is 26.6. The molecule has 2 aromatic heterocycles. The van der Waals surface area contributed by atoms with E-state index >= 15 is 0 Å². The Morgan fingerprint density at radius 1 is 0.597 bits per heavy atom. The van der Waals surface area contributed by atoms with Crippen LogP contribution < -0.4 is 41.0 Å². The molecule has 2 saturated heterocycles. The van der Waals surface area contributed by atoms with E-state index < -0.39 is 35.2 Å². The average Bonchev–Trinajstić information content (AvgIpc) is 4.14. The van der Waals surface area contributed by atoms with Crippen molar-refractivity contribution < 1.29 is 42.9 Å². The normalized spacial score (nSPS) is 14.0. The summed E-state index contributed by atoms with van der Waals surface area (Å²) in [4.78, 5) is 90.3. The third-order valence-electron chi connectivity index (χ3n) is 12.2. The zero-order valence-electron chi connectivity index (χ0n) is 47.1. The van der Waals surface area contributed by atoms with Gasteiger partial charge in [-0.05, 0) is 130 Å². The number of rotatable bonds is 19. The molecule has 0 saturated carbocycles. The molecule has 0 bridgehead atoms. The van der Waals surface area contributed by atoms with Gasteiger partial charge in [0.15, 0.2) is 11.6 Å². The SMILES string of the molecule is CCN(CC)c1ncc(N)c(N[C@@H](Cc2ccc(OC(=O)N3CCCC3)cc2)C(=O)OC(C)(C)C)n1.CCN(CC)c1ncc(NC(=O)N(C)C)c(N[C@@H](Cc2ccc(OC(=O)N3CCCC3)cc2)C(=O)OC(C)(C)C)n1. The number of likely N-dealkylation sites (tertiary alicyclic amines) is 2. The van der Waals surface area contributed by atoms with Crippen molar-refractivity contribution in [2.24, 2.45) is 0 Å². The van der Waals surface area contributed by atoms with Crippen LogP contribution >= 0.6 is 0 Å². The lowest BCUT2D eigenvalue weighted by molar-refractivity contribution is -0.156. The molecule has 6 rings (SSSR count). The Balaban J connectivity index is 0.000000286. The fourth-order valence-corrected chi connectivity index (χ4v) is 8.07. The molecule has 5 N–H and O–H groups in total. The van der Waals surface area contributed by atoms with E-state index in [1.54, 1.807) is 75.1 Å². The number of nitrogens with zero attached hydrogens (tertiary/aromatic N) is 9. The van der Waals surface area contributed by atoms with Gasteiger partial charge in [-0.3, -0.25) is 0 Å². The number of aromatic nitrogens is 4. The molecule has 420 valence electrons. The largest absolute Gasteiger partial charge is 0.458 e. The molecule has 77 heavy (non-hydrogen) atoms. The molecule has 2 fully saturated rings. The molecule has 4 heterocycles. The molecular weight excluding hydrogens is 987 g/mol. The first-order chi connectivity index (χ1) is 36.5. The molecule has 2 atom stereocenters. The summed E-state index contributed by atoms with van der Waals surface area (Å²) in [5.74, 6) is 1.66. The summed E-state index contributed by atoms with van der Waals surface area (Å²) in [6.45, 7) is 24.6. The first-order valence-electron chi connectivity index (χ1n) is 26.6. The number of benzene rings is 2. The fraction of sp³-hybridized carbons (Fsp3) is 0.545. The van der Waals surface area contributed by atoms with Gasteiger partial charge >= 0.3 is 30.2 Å². The minimum absolute atomic E-state index is 0.251. The van der Waals surface area contributed by atoms with Crippen LogP contribution in [-0.2, 0) is 31.9 Å². The highest BCUT2D eigenvalue weighted by molar-refractivity contribution is 5.93. The summed E-state index contributed by atoms with van der Waals surface area (Å²) in [7, 11) is 3.26. The molecule has 2 aliphatic heterocycles. The van der Waals surface area contributed by atoms with Crippen molar-refractivity contribution in [2.75, 3.05) is 97.9 Å². The van der Waals surface area contributed by atoms with Crippen LogP contribution in [0.2, 0.25) is 0 Å². The lowest BCUT2D eigenvalue weighted by atomic mass is 10.1. The van der Waals surface area contributed by atoms with E-state index in [4.69, 9.17) is 24.7 Å². The number of hydrogen-bond acceptors (Lipinski definition) is 18. The summed E-state index contributed by atoms with van der Waals surface area (Å²) in [5, 5.41) is 9.18. The van der Waals surface area contributed by atoms with Crippen molar-refractivity contribution >= 4 is 65.1 Å². The minimum atomic E-state index is -0.846. The number of nitrogens with two attached hydrogens (primary N) is 1. The second-order valence-corrected chi connectivity index (χ2v) is 20.9. The summed E-state index contributed by atoms with van der Waals surface area (Å²) in [6, 6.07) is 12.2. The van der Waals surface area contributed by atoms with Gasteiger partial charge in [-0.15, -0.1) is 0 Å². The standard InChI is InChI=1S/C29H43N7O5.C26H38N6O4/c1-8-35(9-2)26-30-19-23(32-27(38)34(6)7)24(33-26)31-22(25(37)41-29(3,4)5)18-20-12-14-21(15-13-20)40-28(39)36-16-10-11-17-36;1-6-31(7-2)24-28-17-20(27)22(30-24)29-21(23(33)36-26(3,4)5)16-18-10-12-19(13-11-18)35-25(34)32-14-8-9-15-32/h12-15,19,22H,8-11,16-18H2,1-7H3,(H,32,38)(H,30,31,33);10-13,17,21H,6-9,14-16,27H2,1-5H3,(H,28,29,30)/t22-;21-/m00/s1. The number of carbonyl (C=O) groups is 5. The predicted octanol–water partition coefficient (Wildman–Crippen LogP) is 8.24. The third kappa shape index (κ3) is 18.8. The van der Waals surface area contributed by atoms with Gasteiger partial charge in [0.1, 0.15) is 40.5 Å². The Bertz CT molecular complexity index is 2570. The predicted molar refractivity (Wildman–Crippen MR) is 299 cm³/mol. The van der Waals surface area contributed by atoms with Crippen LogP contribution in [0, 0.1) is 0 Å². The summed E-state index contributed by atoms with van der Waals surface area (Å²) >= 11 is 0. The van der Waals surface area contributed by atoms with E-state index in [1.807, 2.05) is 82.5 Å². The van der Waals surface area contributed by atoms with Crippen LogP contribution in [0.1, 0.15) is 106 Å². The monoisotopic (exact) mass is 1070 g/mol. The topological polar surface area (TPSA) is 252 Å². The molecule has 0 unspecified atom stereocenters. The van der Waals surface area contributed by atoms with Crippen LogP contribution in [0.3, 0.4) is 0 Å². The fourth-order valence-electron chi connectivity index (χ4n) is 8.07. The maximum Gasteiger partial charge on any atom is 0.415 e. The maximum absolute atomic E-state index is 13.4. The quantitative estimate of drug-likeness (QED) is 0.0645. The highest BCUT2D eigenvalue weighted by Gasteiger charge is 2.30. The summed E-state index contributed by atoms with van der Waals surface area (Å²) in [5.41, 5.74) is 7.11. The number of anilines is 6. The number of hydrogen-bond donors (Lipinski definition) is 4. The zero-order chi connectivity index (χ0) is 56.5. The summed E-state index contributed by atoms with van der Waals surface area (Å²) < 4.78 is 22.4. The van der Waals surface area contributed by atoms with E-state index in [0.29, 0.717) is 79.0 Å².